The molecule has 0 spiro atoms. The van der Waals surface area contributed by atoms with Crippen LogP contribution in [0.5, 0.6) is 0 Å². The molecule has 0 bridgehead atoms. The Kier molecular flexibility index (Phi) is 6.05. The maximum atomic E-state index is 13.3. The van der Waals surface area contributed by atoms with Crippen molar-refractivity contribution in [3.05, 3.63) is 94.0 Å². The average Bonchev–Trinajstić information content (AvgIpc) is 3.19. The van der Waals surface area contributed by atoms with Crippen LogP contribution in [0.4, 0.5) is 5.88 Å². The Hall–Kier alpha value is -2.80. The molecule has 4 rings (SSSR count). The Morgan fingerprint density at radius 2 is 1.61 bits per heavy atom. The summed E-state index contributed by atoms with van der Waals surface area (Å²) in [5, 5.41) is 3.70. The number of hydrogen-bond donors (Lipinski definition) is 1. The Balaban J connectivity index is 1.77. The van der Waals surface area contributed by atoms with Gasteiger partial charge in [0.25, 0.3) is 0 Å². The highest BCUT2D eigenvalue weighted by Gasteiger charge is 2.29. The van der Waals surface area contributed by atoms with E-state index in [1.807, 2.05) is 31.2 Å². The van der Waals surface area contributed by atoms with Gasteiger partial charge in [-0.2, -0.15) is 4.98 Å². The van der Waals surface area contributed by atoms with Crippen molar-refractivity contribution in [3.63, 3.8) is 0 Å². The maximum absolute atomic E-state index is 13.3. The first-order valence-electron chi connectivity index (χ1n) is 9.40. The van der Waals surface area contributed by atoms with Gasteiger partial charge in [-0.15, -0.1) is 0 Å². The summed E-state index contributed by atoms with van der Waals surface area (Å²) in [5.41, 5.74) is 2.60. The minimum Gasteiger partial charge on any atom is -0.419 e. The maximum Gasteiger partial charge on any atom is 0.234 e. The van der Waals surface area contributed by atoms with Gasteiger partial charge in [-0.25, -0.2) is 8.42 Å². The highest BCUT2D eigenvalue weighted by atomic mass is 35.5. The predicted molar refractivity (Wildman–Crippen MR) is 122 cm³/mol. The van der Waals surface area contributed by atoms with Crippen molar-refractivity contribution in [1.82, 2.24) is 4.98 Å². The molecule has 0 fully saturated rings. The number of oxazole rings is 1. The van der Waals surface area contributed by atoms with Crippen LogP contribution in [-0.2, 0) is 16.4 Å². The van der Waals surface area contributed by atoms with Crippen LogP contribution in [0, 0.1) is 6.92 Å². The molecule has 4 aromatic rings. The van der Waals surface area contributed by atoms with E-state index in [0.29, 0.717) is 22.2 Å². The van der Waals surface area contributed by atoms with Crippen LogP contribution in [0.25, 0.3) is 11.5 Å². The van der Waals surface area contributed by atoms with Crippen LogP contribution >= 0.6 is 23.2 Å². The van der Waals surface area contributed by atoms with Gasteiger partial charge in [-0.05, 0) is 48.9 Å². The summed E-state index contributed by atoms with van der Waals surface area (Å²) in [4.78, 5) is 4.37. The van der Waals surface area contributed by atoms with Crippen molar-refractivity contribution in [1.29, 1.82) is 0 Å². The molecule has 5 nitrogen and oxygen atoms in total. The first kappa shape index (κ1) is 21.4. The molecule has 0 aliphatic carbocycles. The lowest BCUT2D eigenvalue weighted by Crippen LogP contribution is -2.07. The van der Waals surface area contributed by atoms with Gasteiger partial charge in [-0.3, -0.25) is 0 Å². The van der Waals surface area contributed by atoms with E-state index >= 15 is 0 Å². The van der Waals surface area contributed by atoms with Gasteiger partial charge >= 0.3 is 0 Å². The number of hydrogen-bond acceptors (Lipinski definition) is 5. The number of benzene rings is 3. The van der Waals surface area contributed by atoms with Crippen molar-refractivity contribution >= 4 is 38.9 Å². The number of nitrogens with zero attached hydrogens (tertiary/aromatic N) is 1. The second kappa shape index (κ2) is 8.75. The molecule has 8 heteroatoms. The molecule has 0 radical (unpaired) electrons. The number of nitrogens with one attached hydrogen (secondary N) is 1. The molecule has 1 heterocycles. The van der Waals surface area contributed by atoms with Crippen LogP contribution in [0.1, 0.15) is 11.1 Å². The Bertz CT molecular complexity index is 1320. The number of sulfone groups is 1. The quantitative estimate of drug-likeness (QED) is 0.351. The second-order valence-corrected chi connectivity index (χ2v) is 9.64. The van der Waals surface area contributed by atoms with Crippen LogP contribution in [0.3, 0.4) is 0 Å². The average molecular weight is 473 g/mol. The third-order valence-electron chi connectivity index (χ3n) is 4.65. The third kappa shape index (κ3) is 4.61. The van der Waals surface area contributed by atoms with Crippen molar-refractivity contribution in [3.8, 4) is 11.5 Å². The first-order valence-corrected chi connectivity index (χ1v) is 11.6. The molecular weight excluding hydrogens is 455 g/mol. The minimum absolute atomic E-state index is 0.0467. The second-order valence-electron chi connectivity index (χ2n) is 6.93. The van der Waals surface area contributed by atoms with E-state index in [0.717, 1.165) is 11.1 Å². The minimum atomic E-state index is -3.97. The topological polar surface area (TPSA) is 72.2 Å². The molecule has 0 aliphatic rings. The largest absolute Gasteiger partial charge is 0.419 e. The van der Waals surface area contributed by atoms with Gasteiger partial charge in [-0.1, -0.05) is 65.2 Å². The summed E-state index contributed by atoms with van der Waals surface area (Å²) in [6.07, 6.45) is 0. The lowest BCUT2D eigenvalue weighted by Gasteiger charge is -2.07. The Labute approximate surface area is 190 Å². The zero-order valence-corrected chi connectivity index (χ0v) is 18.8. The molecule has 31 heavy (non-hydrogen) atoms. The molecule has 0 unspecified atom stereocenters. The van der Waals surface area contributed by atoms with E-state index in [-0.39, 0.29) is 21.7 Å². The number of halogens is 2. The van der Waals surface area contributed by atoms with Crippen molar-refractivity contribution in [2.75, 3.05) is 5.32 Å². The highest BCUT2D eigenvalue weighted by Crippen LogP contribution is 2.35. The molecule has 158 valence electrons. The molecule has 0 atom stereocenters. The number of aromatic nitrogens is 1. The van der Waals surface area contributed by atoms with E-state index in [2.05, 4.69) is 10.3 Å². The molecule has 1 N–H and O–H groups in total. The smallest absolute Gasteiger partial charge is 0.234 e. The summed E-state index contributed by atoms with van der Waals surface area (Å²) in [6, 6.07) is 20.7. The summed E-state index contributed by atoms with van der Waals surface area (Å²) < 4.78 is 32.5. The number of rotatable bonds is 6. The molecule has 1 aromatic heterocycles. The fraction of sp³-hybridized carbons (Fsp3) is 0.0870. The van der Waals surface area contributed by atoms with E-state index in [1.54, 1.807) is 24.3 Å². The van der Waals surface area contributed by atoms with Crippen LogP contribution in [0.2, 0.25) is 10.0 Å². The van der Waals surface area contributed by atoms with Crippen LogP contribution < -0.4 is 5.32 Å². The summed E-state index contributed by atoms with van der Waals surface area (Å²) in [7, 11) is -3.97. The van der Waals surface area contributed by atoms with E-state index in [1.165, 1.54) is 24.3 Å². The fourth-order valence-electron chi connectivity index (χ4n) is 2.96. The number of aryl methyl sites for hydroxylation is 1. The van der Waals surface area contributed by atoms with Gasteiger partial charge in [0.1, 0.15) is 0 Å². The standard InChI is InChI=1S/C23H18Cl2N2O3S/c1-15-6-8-16(9-7-15)14-26-22-23(31(28,29)18-12-10-17(24)11-13-18)27-21(30-22)19-4-2-3-5-20(19)25/h2-13,26H,14H2,1H3. The van der Waals surface area contributed by atoms with E-state index < -0.39 is 9.84 Å². The van der Waals surface area contributed by atoms with Gasteiger partial charge in [0, 0.05) is 11.6 Å². The SMILES string of the molecule is Cc1ccc(CNc2oc(-c3ccccc3Cl)nc2S(=O)(=O)c2ccc(Cl)cc2)cc1. The molecule has 0 aliphatic heterocycles. The predicted octanol–water partition coefficient (Wildman–Crippen LogP) is 6.40. The Morgan fingerprint density at radius 3 is 2.29 bits per heavy atom. The van der Waals surface area contributed by atoms with Gasteiger partial charge in [0.15, 0.2) is 0 Å². The van der Waals surface area contributed by atoms with Gasteiger partial charge < -0.3 is 9.73 Å². The normalized spacial score (nSPS) is 11.5. The molecule has 0 saturated heterocycles. The van der Waals surface area contributed by atoms with Crippen molar-refractivity contribution in [2.45, 2.75) is 23.4 Å². The third-order valence-corrected chi connectivity index (χ3v) is 6.91. The lowest BCUT2D eigenvalue weighted by atomic mass is 10.1. The van der Waals surface area contributed by atoms with Crippen LogP contribution in [0.15, 0.2) is 87.1 Å². The van der Waals surface area contributed by atoms with Gasteiger partial charge in [0.2, 0.25) is 26.6 Å². The van der Waals surface area contributed by atoms with E-state index in [4.69, 9.17) is 27.6 Å². The zero-order valence-electron chi connectivity index (χ0n) is 16.5. The summed E-state index contributed by atoms with van der Waals surface area (Å²) >= 11 is 12.2. The number of anilines is 1. The monoisotopic (exact) mass is 472 g/mol. The van der Waals surface area contributed by atoms with Crippen molar-refractivity contribution in [2.24, 2.45) is 0 Å². The molecule has 0 amide bonds. The van der Waals surface area contributed by atoms with Crippen LogP contribution in [-0.4, -0.2) is 13.4 Å². The molecular formula is C23H18Cl2N2O3S. The van der Waals surface area contributed by atoms with Crippen molar-refractivity contribution < 1.29 is 12.8 Å². The molecule has 0 saturated carbocycles. The molecule has 3 aromatic carbocycles. The zero-order chi connectivity index (χ0) is 22.0. The summed E-state index contributed by atoms with van der Waals surface area (Å²) in [6.45, 7) is 2.36. The highest BCUT2D eigenvalue weighted by molar-refractivity contribution is 7.91. The Morgan fingerprint density at radius 1 is 0.935 bits per heavy atom. The fourth-order valence-corrected chi connectivity index (χ4v) is 4.58. The van der Waals surface area contributed by atoms with Gasteiger partial charge in [0.05, 0.1) is 15.5 Å². The first-order chi connectivity index (χ1) is 14.8. The lowest BCUT2D eigenvalue weighted by molar-refractivity contribution is 0.577. The summed E-state index contributed by atoms with van der Waals surface area (Å²) in [5.74, 6) is 0.162. The van der Waals surface area contributed by atoms with E-state index in [9.17, 15) is 8.42 Å².